The van der Waals surface area contributed by atoms with Crippen LogP contribution in [0, 0.1) is 0 Å². The standard InChI is InChI=1S/C16H20N4O2/c21-16(18-8-14-5-2-6-22-14)15-10-19(12-3-1-4-12)9-13-7-17-11-20(13)15/h2,5-7,11-12,15H,1,3-4,8-10H2,(H,18,21). The van der Waals surface area contributed by atoms with Crippen LogP contribution >= 0.6 is 0 Å². The molecule has 3 heterocycles. The summed E-state index contributed by atoms with van der Waals surface area (Å²) in [6.45, 7) is 2.08. The summed E-state index contributed by atoms with van der Waals surface area (Å²) in [5.74, 6) is 0.797. The molecule has 1 fully saturated rings. The molecule has 2 aromatic heterocycles. The summed E-state index contributed by atoms with van der Waals surface area (Å²) in [6, 6.07) is 4.12. The average molecular weight is 300 g/mol. The Hall–Kier alpha value is -2.08. The van der Waals surface area contributed by atoms with Crippen LogP contribution in [0.3, 0.4) is 0 Å². The third kappa shape index (κ3) is 2.43. The predicted molar refractivity (Wildman–Crippen MR) is 79.9 cm³/mol. The Balaban J connectivity index is 1.48. The molecule has 1 unspecified atom stereocenters. The number of fused-ring (bicyclic) bond motifs is 1. The second-order valence-electron chi connectivity index (χ2n) is 6.12. The number of carbonyl (C=O) groups is 1. The zero-order valence-electron chi connectivity index (χ0n) is 12.4. The van der Waals surface area contributed by atoms with Gasteiger partial charge in [0.2, 0.25) is 5.91 Å². The number of nitrogens with one attached hydrogen (secondary N) is 1. The molecule has 116 valence electrons. The van der Waals surface area contributed by atoms with Gasteiger partial charge in [0.1, 0.15) is 11.8 Å². The van der Waals surface area contributed by atoms with Gasteiger partial charge in [0.25, 0.3) is 0 Å². The Labute approximate surface area is 129 Å². The number of rotatable bonds is 4. The van der Waals surface area contributed by atoms with Crippen LogP contribution in [0.4, 0.5) is 0 Å². The largest absolute Gasteiger partial charge is 0.467 e. The number of furan rings is 1. The Bertz CT molecular complexity index is 645. The third-order valence-electron chi connectivity index (χ3n) is 4.77. The van der Waals surface area contributed by atoms with Gasteiger partial charge in [0, 0.05) is 25.3 Å². The van der Waals surface area contributed by atoms with E-state index in [2.05, 4.69) is 15.2 Å². The summed E-state index contributed by atoms with van der Waals surface area (Å²) >= 11 is 0. The summed E-state index contributed by atoms with van der Waals surface area (Å²) in [5.41, 5.74) is 1.12. The van der Waals surface area contributed by atoms with E-state index in [0.717, 1.165) is 24.5 Å². The zero-order chi connectivity index (χ0) is 14.9. The van der Waals surface area contributed by atoms with Gasteiger partial charge in [-0.2, -0.15) is 0 Å². The maximum absolute atomic E-state index is 12.6. The summed E-state index contributed by atoms with van der Waals surface area (Å²) < 4.78 is 7.27. The van der Waals surface area contributed by atoms with Gasteiger partial charge >= 0.3 is 0 Å². The molecule has 1 atom stereocenters. The minimum absolute atomic E-state index is 0.0275. The van der Waals surface area contributed by atoms with Crippen molar-refractivity contribution in [2.75, 3.05) is 6.54 Å². The lowest BCUT2D eigenvalue weighted by Crippen LogP contribution is -2.49. The highest BCUT2D eigenvalue weighted by Crippen LogP contribution is 2.31. The van der Waals surface area contributed by atoms with E-state index in [1.807, 2.05) is 22.9 Å². The van der Waals surface area contributed by atoms with E-state index in [9.17, 15) is 4.79 Å². The highest BCUT2D eigenvalue weighted by molar-refractivity contribution is 5.80. The molecule has 1 aliphatic heterocycles. The quantitative estimate of drug-likeness (QED) is 0.933. The molecule has 4 rings (SSSR count). The first-order valence-corrected chi connectivity index (χ1v) is 7.86. The Morgan fingerprint density at radius 3 is 3.09 bits per heavy atom. The number of aromatic nitrogens is 2. The van der Waals surface area contributed by atoms with Gasteiger partial charge in [-0.3, -0.25) is 9.69 Å². The minimum atomic E-state index is -0.207. The van der Waals surface area contributed by atoms with Gasteiger partial charge in [-0.1, -0.05) is 6.42 Å². The molecule has 0 saturated heterocycles. The number of hydrogen-bond acceptors (Lipinski definition) is 4. The highest BCUT2D eigenvalue weighted by atomic mass is 16.3. The topological polar surface area (TPSA) is 63.3 Å². The van der Waals surface area contributed by atoms with E-state index in [1.165, 1.54) is 19.3 Å². The maximum Gasteiger partial charge on any atom is 0.244 e. The van der Waals surface area contributed by atoms with Gasteiger partial charge in [0.05, 0.1) is 24.8 Å². The molecular formula is C16H20N4O2. The molecule has 2 aromatic rings. The molecule has 22 heavy (non-hydrogen) atoms. The van der Waals surface area contributed by atoms with Crippen LogP contribution in [0.25, 0.3) is 0 Å². The molecule has 6 heteroatoms. The molecule has 6 nitrogen and oxygen atoms in total. The lowest BCUT2D eigenvalue weighted by atomic mass is 9.90. The van der Waals surface area contributed by atoms with Crippen LogP contribution in [-0.4, -0.2) is 32.9 Å². The molecule has 0 radical (unpaired) electrons. The second kappa shape index (κ2) is 5.61. The van der Waals surface area contributed by atoms with E-state index in [0.29, 0.717) is 12.6 Å². The smallest absolute Gasteiger partial charge is 0.244 e. The van der Waals surface area contributed by atoms with Gasteiger partial charge in [-0.25, -0.2) is 4.98 Å². The molecule has 1 amide bonds. The van der Waals surface area contributed by atoms with Crippen LogP contribution in [0.2, 0.25) is 0 Å². The van der Waals surface area contributed by atoms with Gasteiger partial charge in [-0.05, 0) is 25.0 Å². The monoisotopic (exact) mass is 300 g/mol. The van der Waals surface area contributed by atoms with E-state index in [-0.39, 0.29) is 11.9 Å². The van der Waals surface area contributed by atoms with Gasteiger partial charge in [-0.15, -0.1) is 0 Å². The molecule has 0 bridgehead atoms. The van der Waals surface area contributed by atoms with Crippen molar-refractivity contribution >= 4 is 5.91 Å². The van der Waals surface area contributed by atoms with Crippen LogP contribution in [0.1, 0.15) is 36.8 Å². The first-order valence-electron chi connectivity index (χ1n) is 7.86. The molecule has 2 aliphatic rings. The summed E-state index contributed by atoms with van der Waals surface area (Å²) in [7, 11) is 0. The van der Waals surface area contributed by atoms with Crippen LogP contribution in [-0.2, 0) is 17.9 Å². The van der Waals surface area contributed by atoms with Crippen LogP contribution < -0.4 is 5.32 Å². The fourth-order valence-corrected chi connectivity index (χ4v) is 3.26. The first-order chi connectivity index (χ1) is 10.8. The lowest BCUT2D eigenvalue weighted by molar-refractivity contribution is -0.126. The van der Waals surface area contributed by atoms with Crippen LogP contribution in [0.15, 0.2) is 35.3 Å². The van der Waals surface area contributed by atoms with Gasteiger partial charge < -0.3 is 14.3 Å². The Morgan fingerprint density at radius 1 is 1.45 bits per heavy atom. The van der Waals surface area contributed by atoms with Crippen LogP contribution in [0.5, 0.6) is 0 Å². The van der Waals surface area contributed by atoms with Crippen molar-refractivity contribution in [1.82, 2.24) is 19.8 Å². The van der Waals surface area contributed by atoms with Crippen molar-refractivity contribution < 1.29 is 9.21 Å². The fourth-order valence-electron chi connectivity index (χ4n) is 3.26. The molecular weight excluding hydrogens is 280 g/mol. The predicted octanol–water partition coefficient (Wildman–Crippen LogP) is 1.70. The molecule has 1 aliphatic carbocycles. The number of hydrogen-bond donors (Lipinski definition) is 1. The van der Waals surface area contributed by atoms with Gasteiger partial charge in [0.15, 0.2) is 0 Å². The number of carbonyl (C=O) groups excluding carboxylic acids is 1. The van der Waals surface area contributed by atoms with Crippen molar-refractivity contribution in [1.29, 1.82) is 0 Å². The first kappa shape index (κ1) is 13.6. The van der Waals surface area contributed by atoms with E-state index in [1.54, 1.807) is 12.6 Å². The highest BCUT2D eigenvalue weighted by Gasteiger charge is 2.35. The molecule has 0 aromatic carbocycles. The minimum Gasteiger partial charge on any atom is -0.467 e. The Morgan fingerprint density at radius 2 is 2.36 bits per heavy atom. The number of imidazole rings is 1. The fraction of sp³-hybridized carbons (Fsp3) is 0.500. The van der Waals surface area contributed by atoms with E-state index < -0.39 is 0 Å². The van der Waals surface area contributed by atoms with E-state index in [4.69, 9.17) is 4.42 Å². The normalized spacial score (nSPS) is 22.1. The summed E-state index contributed by atoms with van der Waals surface area (Å²) in [5, 5.41) is 2.97. The number of amides is 1. The van der Waals surface area contributed by atoms with Crippen molar-refractivity contribution in [2.24, 2.45) is 0 Å². The van der Waals surface area contributed by atoms with Crippen molar-refractivity contribution in [2.45, 2.75) is 44.4 Å². The summed E-state index contributed by atoms with van der Waals surface area (Å²) in [6.07, 6.45) is 9.05. The zero-order valence-corrected chi connectivity index (χ0v) is 12.4. The molecule has 1 N–H and O–H groups in total. The maximum atomic E-state index is 12.6. The van der Waals surface area contributed by atoms with Crippen molar-refractivity contribution in [3.05, 3.63) is 42.4 Å². The molecule has 1 saturated carbocycles. The summed E-state index contributed by atoms with van der Waals surface area (Å²) in [4.78, 5) is 19.3. The SMILES string of the molecule is O=C(NCc1ccco1)C1CN(C2CCC2)Cc2cncn21. The average Bonchev–Trinajstić information content (AvgIpc) is 3.13. The van der Waals surface area contributed by atoms with Crippen molar-refractivity contribution in [3.8, 4) is 0 Å². The third-order valence-corrected chi connectivity index (χ3v) is 4.77. The van der Waals surface area contributed by atoms with E-state index >= 15 is 0 Å². The second-order valence-corrected chi connectivity index (χ2v) is 6.12. The number of nitrogens with zero attached hydrogens (tertiary/aromatic N) is 3. The molecule has 0 spiro atoms. The van der Waals surface area contributed by atoms with Crippen molar-refractivity contribution in [3.63, 3.8) is 0 Å². The lowest BCUT2D eigenvalue weighted by Gasteiger charge is -2.42. The Kier molecular flexibility index (Phi) is 3.46.